The maximum absolute atomic E-state index is 11.9. The fraction of sp³-hybridized carbons (Fsp3) is 0.364. The highest BCUT2D eigenvalue weighted by Crippen LogP contribution is 2.22. The van der Waals surface area contributed by atoms with Crippen LogP contribution in [0, 0.1) is 0 Å². The molecule has 0 heterocycles. The molecule has 1 aromatic rings. The van der Waals surface area contributed by atoms with E-state index in [-0.39, 0.29) is 28.4 Å². The van der Waals surface area contributed by atoms with Gasteiger partial charge in [0.1, 0.15) is 4.90 Å². The molecule has 1 unspecified atom stereocenters. The van der Waals surface area contributed by atoms with Gasteiger partial charge >= 0.3 is 5.97 Å². The van der Waals surface area contributed by atoms with Gasteiger partial charge in [-0.25, -0.2) is 17.9 Å². The average molecular weight is 308 g/mol. The lowest BCUT2D eigenvalue weighted by Crippen LogP contribution is -2.27. The maximum atomic E-state index is 11.9. The van der Waals surface area contributed by atoms with Gasteiger partial charge in [0, 0.05) is 6.54 Å². The summed E-state index contributed by atoms with van der Waals surface area (Å²) in [6, 6.07) is 3.43. The molecular weight excluding hydrogens is 294 g/mol. The highest BCUT2D eigenvalue weighted by molar-refractivity contribution is 7.89. The Kier molecular flexibility index (Phi) is 5.30. The molecule has 106 valence electrons. The van der Waals surface area contributed by atoms with Crippen LogP contribution in [0.4, 0.5) is 0 Å². The number of nitrogens with one attached hydrogen (secondary N) is 1. The monoisotopic (exact) mass is 307 g/mol. The molecule has 0 radical (unpaired) electrons. The van der Waals surface area contributed by atoms with E-state index >= 15 is 0 Å². The summed E-state index contributed by atoms with van der Waals surface area (Å²) in [5.74, 6) is -1.24. The van der Waals surface area contributed by atoms with E-state index in [1.807, 2.05) is 0 Å². The predicted molar refractivity (Wildman–Crippen MR) is 69.9 cm³/mol. The first-order valence-electron chi connectivity index (χ1n) is 5.44. The molecule has 0 aliphatic heterocycles. The predicted octanol–water partition coefficient (Wildman–Crippen LogP) is 1.09. The Hall–Kier alpha value is -1.15. The highest BCUT2D eigenvalue weighted by Gasteiger charge is 2.19. The number of carboxylic acids is 1. The smallest absolute Gasteiger partial charge is 0.335 e. The van der Waals surface area contributed by atoms with Crippen molar-refractivity contribution in [2.24, 2.45) is 0 Å². The normalized spacial score (nSPS) is 13.2. The van der Waals surface area contributed by atoms with Crippen molar-refractivity contribution in [3.05, 3.63) is 28.8 Å². The molecule has 0 saturated heterocycles. The molecule has 8 heteroatoms. The Morgan fingerprint density at radius 3 is 2.63 bits per heavy atom. The summed E-state index contributed by atoms with van der Waals surface area (Å²) in [4.78, 5) is 10.5. The standard InChI is InChI=1S/C11H14ClNO5S/c1-7(14)4-5-13-19(17,18)10-6-8(11(15)16)2-3-9(10)12/h2-3,6-7,13-14H,4-5H2,1H3,(H,15,16). The summed E-state index contributed by atoms with van der Waals surface area (Å²) in [7, 11) is -3.90. The second-order valence-corrected chi connectivity index (χ2v) is 6.13. The third kappa shape index (κ3) is 4.46. The average Bonchev–Trinajstić information content (AvgIpc) is 2.28. The van der Waals surface area contributed by atoms with Crippen LogP contribution in [-0.4, -0.2) is 37.2 Å². The van der Waals surface area contributed by atoms with Crippen LogP contribution in [0.15, 0.2) is 23.1 Å². The van der Waals surface area contributed by atoms with E-state index in [0.29, 0.717) is 0 Å². The molecule has 0 aromatic heterocycles. The Labute approximate surface area is 116 Å². The number of carboxylic acid groups (broad SMARTS) is 1. The molecule has 6 nitrogen and oxygen atoms in total. The number of carbonyl (C=O) groups is 1. The largest absolute Gasteiger partial charge is 0.478 e. The van der Waals surface area contributed by atoms with E-state index in [1.54, 1.807) is 0 Å². The molecule has 0 aliphatic carbocycles. The molecule has 1 rings (SSSR count). The van der Waals surface area contributed by atoms with Crippen LogP contribution in [0.25, 0.3) is 0 Å². The molecule has 0 fully saturated rings. The summed E-state index contributed by atoms with van der Waals surface area (Å²) in [6.07, 6.45) is -0.390. The van der Waals surface area contributed by atoms with Gasteiger partial charge < -0.3 is 10.2 Å². The second-order valence-electron chi connectivity index (χ2n) is 3.99. The van der Waals surface area contributed by atoms with Gasteiger partial charge in [0.15, 0.2) is 0 Å². The fourth-order valence-corrected chi connectivity index (χ4v) is 2.89. The zero-order chi connectivity index (χ0) is 14.6. The number of aliphatic hydroxyl groups excluding tert-OH is 1. The van der Waals surface area contributed by atoms with Crippen LogP contribution >= 0.6 is 11.6 Å². The van der Waals surface area contributed by atoms with Gasteiger partial charge in [0.25, 0.3) is 0 Å². The Balaban J connectivity index is 3.00. The Bertz CT molecular complexity index is 570. The molecule has 0 saturated carbocycles. The Morgan fingerprint density at radius 1 is 1.47 bits per heavy atom. The lowest BCUT2D eigenvalue weighted by atomic mass is 10.2. The molecule has 0 spiro atoms. The van der Waals surface area contributed by atoms with Crippen LogP contribution in [0.2, 0.25) is 5.02 Å². The molecule has 19 heavy (non-hydrogen) atoms. The van der Waals surface area contributed by atoms with Gasteiger partial charge in [-0.15, -0.1) is 0 Å². The van der Waals surface area contributed by atoms with Gasteiger partial charge in [-0.05, 0) is 31.5 Å². The number of rotatable bonds is 6. The molecular formula is C11H14ClNO5S. The fourth-order valence-electron chi connectivity index (χ4n) is 1.32. The third-order valence-electron chi connectivity index (χ3n) is 2.32. The van der Waals surface area contributed by atoms with Gasteiger partial charge in [-0.1, -0.05) is 11.6 Å². The molecule has 0 aliphatic rings. The summed E-state index contributed by atoms with van der Waals surface area (Å²) in [5.41, 5.74) is -0.166. The van der Waals surface area contributed by atoms with Crippen molar-refractivity contribution in [3.8, 4) is 0 Å². The second kappa shape index (κ2) is 6.33. The number of benzene rings is 1. The minimum absolute atomic E-state index is 0.0353. The molecule has 1 atom stereocenters. The van der Waals surface area contributed by atoms with Crippen molar-refractivity contribution in [2.45, 2.75) is 24.3 Å². The van der Waals surface area contributed by atoms with E-state index in [1.165, 1.54) is 19.1 Å². The van der Waals surface area contributed by atoms with Crippen LogP contribution < -0.4 is 4.72 Å². The summed E-state index contributed by atoms with van der Waals surface area (Å²) >= 11 is 5.77. The lowest BCUT2D eigenvalue weighted by molar-refractivity contribution is 0.0696. The summed E-state index contributed by atoms with van der Waals surface area (Å²) < 4.78 is 26.1. The number of halogens is 1. The first kappa shape index (κ1) is 15.9. The van der Waals surface area contributed by atoms with Gasteiger partial charge in [-0.2, -0.15) is 0 Å². The first-order valence-corrected chi connectivity index (χ1v) is 7.30. The lowest BCUT2D eigenvalue weighted by Gasteiger charge is -2.10. The zero-order valence-electron chi connectivity index (χ0n) is 10.1. The highest BCUT2D eigenvalue weighted by atomic mass is 35.5. The van der Waals surface area contributed by atoms with E-state index in [4.69, 9.17) is 21.8 Å². The number of aromatic carboxylic acids is 1. The molecule has 3 N–H and O–H groups in total. The van der Waals surface area contributed by atoms with Crippen LogP contribution in [0.1, 0.15) is 23.7 Å². The van der Waals surface area contributed by atoms with Crippen molar-refractivity contribution < 1.29 is 23.4 Å². The zero-order valence-corrected chi connectivity index (χ0v) is 11.7. The van der Waals surface area contributed by atoms with Crippen LogP contribution in [0.5, 0.6) is 0 Å². The van der Waals surface area contributed by atoms with E-state index < -0.39 is 22.1 Å². The third-order valence-corrected chi connectivity index (χ3v) is 4.26. The van der Waals surface area contributed by atoms with Crippen molar-refractivity contribution in [3.63, 3.8) is 0 Å². The van der Waals surface area contributed by atoms with Crippen molar-refractivity contribution in [1.82, 2.24) is 4.72 Å². The Morgan fingerprint density at radius 2 is 2.11 bits per heavy atom. The summed E-state index contributed by atoms with van der Waals surface area (Å²) in [5, 5.41) is 17.8. The van der Waals surface area contributed by atoms with Gasteiger partial charge in [-0.3, -0.25) is 0 Å². The quantitative estimate of drug-likeness (QED) is 0.730. The number of hydrogen-bond acceptors (Lipinski definition) is 4. The van der Waals surface area contributed by atoms with Crippen LogP contribution in [-0.2, 0) is 10.0 Å². The summed E-state index contributed by atoms with van der Waals surface area (Å²) in [6.45, 7) is 1.57. The van der Waals surface area contributed by atoms with Crippen molar-refractivity contribution >= 4 is 27.6 Å². The van der Waals surface area contributed by atoms with Gasteiger partial charge in [0.05, 0.1) is 16.7 Å². The molecule has 0 amide bonds. The minimum atomic E-state index is -3.90. The van der Waals surface area contributed by atoms with E-state index in [0.717, 1.165) is 6.07 Å². The topological polar surface area (TPSA) is 104 Å². The van der Waals surface area contributed by atoms with E-state index in [9.17, 15) is 13.2 Å². The molecule has 0 bridgehead atoms. The van der Waals surface area contributed by atoms with Crippen LogP contribution in [0.3, 0.4) is 0 Å². The SMILES string of the molecule is CC(O)CCNS(=O)(=O)c1cc(C(=O)O)ccc1Cl. The number of sulfonamides is 1. The number of hydrogen-bond donors (Lipinski definition) is 3. The first-order chi connectivity index (χ1) is 8.74. The van der Waals surface area contributed by atoms with Crippen molar-refractivity contribution in [1.29, 1.82) is 0 Å². The maximum Gasteiger partial charge on any atom is 0.335 e. The van der Waals surface area contributed by atoms with Crippen molar-refractivity contribution in [2.75, 3.05) is 6.54 Å². The number of aliphatic hydroxyl groups is 1. The molecule has 1 aromatic carbocycles. The van der Waals surface area contributed by atoms with Gasteiger partial charge in [0.2, 0.25) is 10.0 Å². The minimum Gasteiger partial charge on any atom is -0.478 e. The van der Waals surface area contributed by atoms with E-state index in [2.05, 4.69) is 4.72 Å².